The van der Waals surface area contributed by atoms with E-state index in [9.17, 15) is 22.0 Å². The van der Waals surface area contributed by atoms with E-state index >= 15 is 0 Å². The molecule has 1 unspecified atom stereocenters. The molecule has 0 radical (unpaired) electrons. The van der Waals surface area contributed by atoms with Crippen LogP contribution in [0.4, 0.5) is 22.0 Å². The van der Waals surface area contributed by atoms with Gasteiger partial charge in [0.15, 0.2) is 0 Å². The zero-order valence-electron chi connectivity index (χ0n) is 8.62. The highest BCUT2D eigenvalue weighted by molar-refractivity contribution is 9.11. The van der Waals surface area contributed by atoms with Gasteiger partial charge in [-0.3, -0.25) is 0 Å². The van der Waals surface area contributed by atoms with E-state index in [4.69, 9.17) is 0 Å². The maximum absolute atomic E-state index is 13.3. The lowest BCUT2D eigenvalue weighted by Crippen LogP contribution is -2.47. The van der Waals surface area contributed by atoms with Gasteiger partial charge in [0.05, 0.1) is 3.79 Å². The van der Waals surface area contributed by atoms with Crippen molar-refractivity contribution in [2.75, 3.05) is 6.54 Å². The summed E-state index contributed by atoms with van der Waals surface area (Å²) in [6.07, 6.45) is -5.57. The molecular formula is C9H9BrF5NS. The first-order valence-corrected chi connectivity index (χ1v) is 6.24. The third kappa shape index (κ3) is 3.17. The van der Waals surface area contributed by atoms with E-state index in [0.717, 1.165) is 11.3 Å². The van der Waals surface area contributed by atoms with E-state index < -0.39 is 18.1 Å². The van der Waals surface area contributed by atoms with Gasteiger partial charge >= 0.3 is 12.1 Å². The first kappa shape index (κ1) is 14.8. The number of hydrogen-bond acceptors (Lipinski definition) is 2. The lowest BCUT2D eigenvalue weighted by molar-refractivity contribution is -0.294. The molecule has 1 aromatic heterocycles. The Labute approximate surface area is 107 Å². The third-order valence-corrected chi connectivity index (χ3v) is 3.72. The Bertz CT molecular complexity index is 376. The number of thiophene rings is 1. The van der Waals surface area contributed by atoms with Crippen LogP contribution in [0.1, 0.15) is 17.8 Å². The highest BCUT2D eigenvalue weighted by Crippen LogP contribution is 2.46. The zero-order chi connectivity index (χ0) is 13.3. The lowest BCUT2D eigenvalue weighted by Gasteiger charge is -2.28. The van der Waals surface area contributed by atoms with Crippen molar-refractivity contribution in [1.82, 2.24) is 5.32 Å². The van der Waals surface area contributed by atoms with Gasteiger partial charge in [0.2, 0.25) is 0 Å². The Hall–Kier alpha value is -0.210. The van der Waals surface area contributed by atoms with Crippen molar-refractivity contribution in [3.05, 3.63) is 20.8 Å². The Kier molecular flexibility index (Phi) is 4.54. The summed E-state index contributed by atoms with van der Waals surface area (Å²) in [6, 6.07) is 0.641. The summed E-state index contributed by atoms with van der Waals surface area (Å²) in [5.41, 5.74) is 0. The van der Waals surface area contributed by atoms with Gasteiger partial charge in [-0.05, 0) is 34.6 Å². The van der Waals surface area contributed by atoms with E-state index in [1.807, 2.05) is 0 Å². The molecular weight excluding hydrogens is 329 g/mol. The van der Waals surface area contributed by atoms with Gasteiger partial charge in [-0.2, -0.15) is 22.0 Å². The molecule has 0 aliphatic rings. The van der Waals surface area contributed by atoms with E-state index in [-0.39, 0.29) is 11.4 Å². The molecule has 0 aromatic carbocycles. The minimum Gasteiger partial charge on any atom is -0.304 e. The van der Waals surface area contributed by atoms with Crippen LogP contribution in [0, 0.1) is 0 Å². The second kappa shape index (κ2) is 5.19. The Morgan fingerprint density at radius 1 is 1.29 bits per heavy atom. The second-order valence-electron chi connectivity index (χ2n) is 3.25. The topological polar surface area (TPSA) is 12.0 Å². The molecule has 1 aromatic rings. The number of halogens is 6. The normalized spacial score (nSPS) is 15.0. The quantitative estimate of drug-likeness (QED) is 0.805. The third-order valence-electron chi connectivity index (χ3n) is 2.03. The summed E-state index contributed by atoms with van der Waals surface area (Å²) < 4.78 is 64.0. The fraction of sp³-hybridized carbons (Fsp3) is 0.556. The molecule has 0 aliphatic heterocycles. The minimum absolute atomic E-state index is 0.0197. The molecule has 1 rings (SSSR count). The lowest BCUT2D eigenvalue weighted by atomic mass is 10.1. The van der Waals surface area contributed by atoms with Crippen molar-refractivity contribution in [2.45, 2.75) is 25.1 Å². The molecule has 0 bridgehead atoms. The summed E-state index contributed by atoms with van der Waals surface area (Å²) in [7, 11) is 0. The maximum atomic E-state index is 13.3. The Balaban J connectivity index is 3.09. The van der Waals surface area contributed by atoms with Gasteiger partial charge in [-0.25, -0.2) is 0 Å². The van der Waals surface area contributed by atoms with Crippen LogP contribution in [0.25, 0.3) is 0 Å². The zero-order valence-corrected chi connectivity index (χ0v) is 11.0. The second-order valence-corrected chi connectivity index (χ2v) is 5.75. The van der Waals surface area contributed by atoms with Gasteiger partial charge in [-0.15, -0.1) is 11.3 Å². The summed E-state index contributed by atoms with van der Waals surface area (Å²) in [5, 5.41) is 2.18. The fourth-order valence-electron chi connectivity index (χ4n) is 1.26. The van der Waals surface area contributed by atoms with E-state index in [0.29, 0.717) is 3.79 Å². The first-order valence-electron chi connectivity index (χ1n) is 4.63. The molecule has 1 atom stereocenters. The first-order chi connectivity index (χ1) is 7.70. The molecule has 0 saturated carbocycles. The van der Waals surface area contributed by atoms with Crippen LogP contribution >= 0.6 is 27.3 Å². The summed E-state index contributed by atoms with van der Waals surface area (Å²) >= 11 is 3.89. The molecule has 1 heterocycles. The fourth-order valence-corrected chi connectivity index (χ4v) is 2.80. The summed E-state index contributed by atoms with van der Waals surface area (Å²) in [5.74, 6) is -4.80. The minimum atomic E-state index is -5.57. The van der Waals surface area contributed by atoms with Crippen molar-refractivity contribution in [1.29, 1.82) is 0 Å². The summed E-state index contributed by atoms with van der Waals surface area (Å²) in [4.78, 5) is -0.0546. The Morgan fingerprint density at radius 2 is 1.88 bits per heavy atom. The molecule has 0 fully saturated rings. The predicted octanol–water partition coefficient (Wildman–Crippen LogP) is 4.36. The molecule has 0 spiro atoms. The maximum Gasteiger partial charge on any atom is 0.455 e. The van der Waals surface area contributed by atoms with Gasteiger partial charge in [0.1, 0.15) is 6.04 Å². The van der Waals surface area contributed by atoms with Gasteiger partial charge in [-0.1, -0.05) is 6.92 Å². The number of alkyl halides is 5. The van der Waals surface area contributed by atoms with Crippen LogP contribution in [0.2, 0.25) is 0 Å². The molecule has 1 nitrogen and oxygen atoms in total. The molecule has 1 N–H and O–H groups in total. The van der Waals surface area contributed by atoms with Crippen LogP contribution in [-0.2, 0) is 0 Å². The van der Waals surface area contributed by atoms with Crippen molar-refractivity contribution in [3.8, 4) is 0 Å². The molecule has 0 saturated heterocycles. The van der Waals surface area contributed by atoms with Crippen LogP contribution in [0.15, 0.2) is 15.9 Å². The van der Waals surface area contributed by atoms with Crippen LogP contribution in [0.5, 0.6) is 0 Å². The average Bonchev–Trinajstić information content (AvgIpc) is 2.58. The predicted molar refractivity (Wildman–Crippen MR) is 59.4 cm³/mol. The average molecular weight is 338 g/mol. The monoisotopic (exact) mass is 337 g/mol. The van der Waals surface area contributed by atoms with Crippen molar-refractivity contribution in [2.24, 2.45) is 0 Å². The van der Waals surface area contributed by atoms with Gasteiger partial charge in [0.25, 0.3) is 0 Å². The molecule has 0 amide bonds. The molecule has 98 valence electrons. The standard InChI is InChI=1S/C9H9BrF5NS/c1-2-16-7(5-3-4-6(10)17-5)8(11,12)9(13,14)15/h3-4,7,16H,2H2,1H3. The Morgan fingerprint density at radius 3 is 2.24 bits per heavy atom. The number of nitrogens with one attached hydrogen (secondary N) is 1. The van der Waals surface area contributed by atoms with Crippen molar-refractivity contribution >= 4 is 27.3 Å². The molecule has 17 heavy (non-hydrogen) atoms. The van der Waals surface area contributed by atoms with E-state index in [1.54, 1.807) is 0 Å². The number of hydrogen-bond donors (Lipinski definition) is 1. The van der Waals surface area contributed by atoms with Crippen LogP contribution in [0.3, 0.4) is 0 Å². The van der Waals surface area contributed by atoms with E-state index in [2.05, 4.69) is 21.2 Å². The smallest absolute Gasteiger partial charge is 0.304 e. The van der Waals surface area contributed by atoms with Gasteiger partial charge < -0.3 is 5.32 Å². The van der Waals surface area contributed by atoms with Gasteiger partial charge in [0, 0.05) is 4.88 Å². The van der Waals surface area contributed by atoms with Crippen molar-refractivity contribution < 1.29 is 22.0 Å². The SMILES string of the molecule is CCNC(c1ccc(Br)s1)C(F)(F)C(F)(F)F. The van der Waals surface area contributed by atoms with Crippen LogP contribution < -0.4 is 5.32 Å². The molecule has 8 heteroatoms. The highest BCUT2D eigenvalue weighted by atomic mass is 79.9. The largest absolute Gasteiger partial charge is 0.455 e. The number of rotatable bonds is 4. The van der Waals surface area contributed by atoms with Crippen LogP contribution in [-0.4, -0.2) is 18.6 Å². The molecule has 0 aliphatic carbocycles. The van der Waals surface area contributed by atoms with E-state index in [1.165, 1.54) is 19.1 Å². The summed E-state index contributed by atoms with van der Waals surface area (Å²) in [6.45, 7) is 1.49. The highest BCUT2D eigenvalue weighted by Gasteiger charge is 2.62. The van der Waals surface area contributed by atoms with Crippen molar-refractivity contribution in [3.63, 3.8) is 0 Å².